The zero-order valence-corrected chi connectivity index (χ0v) is 28.6. The van der Waals surface area contributed by atoms with Crippen LogP contribution in [0.25, 0.3) is 5.57 Å². The van der Waals surface area contributed by atoms with Gasteiger partial charge in [-0.25, -0.2) is 0 Å². The summed E-state index contributed by atoms with van der Waals surface area (Å²) < 4.78 is 6.18. The van der Waals surface area contributed by atoms with E-state index in [-0.39, 0.29) is 48.5 Å². The smallest absolute Gasteiger partial charge is 0.303 e. The van der Waals surface area contributed by atoms with Crippen molar-refractivity contribution in [2.75, 3.05) is 6.54 Å². The van der Waals surface area contributed by atoms with Crippen LogP contribution in [0.5, 0.6) is 11.5 Å². The summed E-state index contributed by atoms with van der Waals surface area (Å²) >= 11 is 0. The van der Waals surface area contributed by atoms with Gasteiger partial charge in [0.05, 0.1) is 23.5 Å². The molecule has 0 aromatic heterocycles. The Balaban J connectivity index is 1.26. The lowest BCUT2D eigenvalue weighted by Crippen LogP contribution is -2.60. The van der Waals surface area contributed by atoms with Crippen molar-refractivity contribution in [3.8, 4) is 11.5 Å². The molecular formula is C43H39NO8. The molecule has 3 aromatic rings. The summed E-state index contributed by atoms with van der Waals surface area (Å²) in [4.78, 5) is 70.8. The van der Waals surface area contributed by atoms with Gasteiger partial charge in [0, 0.05) is 42.4 Å². The van der Waals surface area contributed by atoms with Crippen LogP contribution in [0, 0.1) is 29.6 Å². The molecule has 0 spiro atoms. The van der Waals surface area contributed by atoms with Gasteiger partial charge in [0.25, 0.3) is 0 Å². The number of phenolic OH excluding ortho intramolecular Hbond substituents is 1. The summed E-state index contributed by atoms with van der Waals surface area (Å²) in [6, 6.07) is 23.5. The number of likely N-dealkylation sites (tertiary alicyclic amines) is 1. The number of rotatable bonds is 9. The highest BCUT2D eigenvalue weighted by molar-refractivity contribution is 6.31. The van der Waals surface area contributed by atoms with Gasteiger partial charge < -0.3 is 14.9 Å². The summed E-state index contributed by atoms with van der Waals surface area (Å²) in [5, 5.41) is 19.4. The number of hydrogen-bond donors (Lipinski definition) is 2. The van der Waals surface area contributed by atoms with E-state index in [2.05, 4.69) is 0 Å². The summed E-state index contributed by atoms with van der Waals surface area (Å²) in [5.74, 6) is -4.39. The average Bonchev–Trinajstić information content (AvgIpc) is 3.40. The number of ether oxygens (including phenoxy) is 1. The van der Waals surface area contributed by atoms with E-state index in [1.165, 1.54) is 11.0 Å². The van der Waals surface area contributed by atoms with E-state index >= 15 is 9.59 Å². The zero-order chi connectivity index (χ0) is 36.1. The van der Waals surface area contributed by atoms with Crippen molar-refractivity contribution in [3.05, 3.63) is 125 Å². The van der Waals surface area contributed by atoms with Gasteiger partial charge >= 0.3 is 5.97 Å². The third-order valence-electron chi connectivity index (χ3n) is 11.9. The molecule has 6 atom stereocenters. The van der Waals surface area contributed by atoms with E-state index in [1.54, 1.807) is 24.5 Å². The standard InChI is InChI=1S/C43H39NO8/c45-29-15-18-35-26(21-29)20-27(24-52-35)39-30-16-17-31-38(42(51)44(41(31)50)19-9-3-8-14-37(47)48)33(30)22-34-40(49)32(25-10-4-1-5-11-25)23-36(46)43(34,39)28-12-6-2-7-13-28/h1-2,4-7,10-13,15-16,18,21,23-24,31,33-34,38-39,45H,3,8-9,14,17,19-20,22H2,(H,47,48)/t31-,33+,34-,38-,39-,43-/m0/s1. The number of phenols is 1. The van der Waals surface area contributed by atoms with Crippen LogP contribution in [0.4, 0.5) is 0 Å². The highest BCUT2D eigenvalue weighted by atomic mass is 16.5. The lowest BCUT2D eigenvalue weighted by molar-refractivity contribution is -0.141. The van der Waals surface area contributed by atoms with Crippen molar-refractivity contribution in [1.29, 1.82) is 0 Å². The number of carbonyl (C=O) groups is 5. The van der Waals surface area contributed by atoms with E-state index in [4.69, 9.17) is 9.84 Å². The molecule has 264 valence electrons. The van der Waals surface area contributed by atoms with Crippen molar-refractivity contribution in [3.63, 3.8) is 0 Å². The number of carbonyl (C=O) groups excluding carboxylic acids is 4. The molecule has 2 aliphatic heterocycles. The van der Waals surface area contributed by atoms with Gasteiger partial charge in [-0.1, -0.05) is 78.7 Å². The number of nitrogens with zero attached hydrogens (tertiary/aromatic N) is 1. The zero-order valence-electron chi connectivity index (χ0n) is 28.6. The van der Waals surface area contributed by atoms with E-state index in [9.17, 15) is 19.5 Å². The van der Waals surface area contributed by atoms with Gasteiger partial charge in [-0.3, -0.25) is 28.9 Å². The minimum absolute atomic E-state index is 0.0320. The molecule has 5 aliphatic rings. The Morgan fingerprint density at radius 3 is 2.38 bits per heavy atom. The van der Waals surface area contributed by atoms with Crippen LogP contribution in [0.3, 0.4) is 0 Å². The Bertz CT molecular complexity index is 2080. The fourth-order valence-electron chi connectivity index (χ4n) is 9.70. The van der Waals surface area contributed by atoms with Crippen molar-refractivity contribution < 1.29 is 38.9 Å². The first-order valence-corrected chi connectivity index (χ1v) is 18.1. The van der Waals surface area contributed by atoms with Crippen molar-refractivity contribution in [2.24, 2.45) is 29.6 Å². The highest BCUT2D eigenvalue weighted by Crippen LogP contribution is 2.63. The number of ketones is 2. The van der Waals surface area contributed by atoms with Gasteiger partial charge in [-0.2, -0.15) is 0 Å². The van der Waals surface area contributed by atoms with E-state index in [1.807, 2.05) is 66.7 Å². The molecule has 1 saturated heterocycles. The molecule has 1 saturated carbocycles. The molecule has 3 aromatic carbocycles. The number of carboxylic acid groups (broad SMARTS) is 1. The normalized spacial score (nSPS) is 27.7. The Kier molecular flexibility index (Phi) is 8.52. The number of amides is 2. The third-order valence-corrected chi connectivity index (χ3v) is 11.9. The number of allylic oxidation sites excluding steroid dienone is 5. The first kappa shape index (κ1) is 33.6. The maximum Gasteiger partial charge on any atom is 0.303 e. The van der Waals surface area contributed by atoms with Crippen molar-refractivity contribution >= 4 is 34.9 Å². The first-order valence-electron chi connectivity index (χ1n) is 18.1. The number of aromatic hydroxyl groups is 1. The summed E-state index contributed by atoms with van der Waals surface area (Å²) in [7, 11) is 0. The number of fused-ring (bicyclic) bond motifs is 5. The molecule has 52 heavy (non-hydrogen) atoms. The number of carboxylic acids is 1. The van der Waals surface area contributed by atoms with Crippen LogP contribution >= 0.6 is 0 Å². The molecule has 2 heterocycles. The Morgan fingerprint density at radius 1 is 0.885 bits per heavy atom. The quantitative estimate of drug-likeness (QED) is 0.153. The van der Waals surface area contributed by atoms with E-state index in [0.717, 1.165) is 16.7 Å². The second-order valence-corrected chi connectivity index (χ2v) is 14.6. The number of hydrogen-bond acceptors (Lipinski definition) is 7. The highest BCUT2D eigenvalue weighted by Gasteiger charge is 2.66. The minimum Gasteiger partial charge on any atom is -0.508 e. The third kappa shape index (κ3) is 5.33. The molecule has 8 rings (SSSR count). The van der Waals surface area contributed by atoms with Gasteiger partial charge in [-0.05, 0) is 72.6 Å². The number of imide groups is 1. The van der Waals surface area contributed by atoms with Crippen molar-refractivity contribution in [2.45, 2.75) is 50.4 Å². The van der Waals surface area contributed by atoms with Crippen LogP contribution in [0.2, 0.25) is 0 Å². The minimum atomic E-state index is -1.36. The fraction of sp³-hybridized carbons (Fsp3) is 0.326. The van der Waals surface area contributed by atoms with Gasteiger partial charge in [0.2, 0.25) is 11.8 Å². The number of Topliss-reactive ketones (excluding diaryl/α,β-unsaturated/α-hetero) is 1. The molecule has 0 bridgehead atoms. The van der Waals surface area contributed by atoms with E-state index < -0.39 is 41.0 Å². The molecule has 0 radical (unpaired) electrons. The average molecular weight is 698 g/mol. The van der Waals surface area contributed by atoms with Gasteiger partial charge in [0.15, 0.2) is 11.6 Å². The van der Waals surface area contributed by atoms with Crippen LogP contribution in [0.15, 0.2) is 108 Å². The number of benzene rings is 3. The predicted molar refractivity (Wildman–Crippen MR) is 191 cm³/mol. The second-order valence-electron chi connectivity index (χ2n) is 14.6. The maximum atomic E-state index is 15.2. The summed E-state index contributed by atoms with van der Waals surface area (Å²) in [6.07, 6.45) is 7.66. The fourth-order valence-corrected chi connectivity index (χ4v) is 9.70. The molecule has 0 unspecified atom stereocenters. The Hall–Kier alpha value is -5.57. The SMILES string of the molecule is O=C(O)CCCCCN1C(=O)[C@H]2[C@H](CC=C3[C@H](C4=COc5ccc(O)cc5C4)[C@]4(c5ccccc5)C(=O)C=C(c5ccccc5)C(=O)[C@@H]4C[C@H]32)C1=O. The lowest BCUT2D eigenvalue weighted by atomic mass is 9.44. The summed E-state index contributed by atoms with van der Waals surface area (Å²) in [5.41, 5.74) is 2.69. The summed E-state index contributed by atoms with van der Waals surface area (Å²) in [6.45, 7) is 0.213. The van der Waals surface area contributed by atoms with Crippen LogP contribution in [0.1, 0.15) is 55.2 Å². The van der Waals surface area contributed by atoms with Crippen LogP contribution in [-0.4, -0.2) is 51.0 Å². The van der Waals surface area contributed by atoms with Crippen molar-refractivity contribution in [1.82, 2.24) is 4.90 Å². The first-order chi connectivity index (χ1) is 25.2. The van der Waals surface area contributed by atoms with Crippen LogP contribution < -0.4 is 4.74 Å². The molecule has 2 fully saturated rings. The molecule has 2 amide bonds. The monoisotopic (exact) mass is 697 g/mol. The van der Waals surface area contributed by atoms with Crippen LogP contribution in [-0.2, 0) is 35.8 Å². The lowest BCUT2D eigenvalue weighted by Gasteiger charge is -2.56. The largest absolute Gasteiger partial charge is 0.508 e. The van der Waals surface area contributed by atoms with Gasteiger partial charge in [0.1, 0.15) is 11.5 Å². The topological polar surface area (TPSA) is 138 Å². The molecule has 9 nitrogen and oxygen atoms in total. The van der Waals surface area contributed by atoms with E-state index in [0.29, 0.717) is 54.6 Å². The Labute approximate surface area is 301 Å². The maximum absolute atomic E-state index is 15.2. The number of aliphatic carboxylic acids is 1. The molecule has 2 N–H and O–H groups in total. The predicted octanol–water partition coefficient (Wildman–Crippen LogP) is 6.21. The molecular weight excluding hydrogens is 658 g/mol. The molecule has 3 aliphatic carbocycles. The Morgan fingerprint density at radius 2 is 1.63 bits per heavy atom. The second kappa shape index (κ2) is 13.2. The number of unbranched alkanes of at least 4 members (excludes halogenated alkanes) is 2. The van der Waals surface area contributed by atoms with Gasteiger partial charge in [-0.15, -0.1) is 0 Å². The molecule has 9 heteroatoms.